The second-order valence-electron chi connectivity index (χ2n) is 4.33. The lowest BCUT2D eigenvalue weighted by molar-refractivity contribution is 0.0671. The number of hydrogen-bond acceptors (Lipinski definition) is 5. The van der Waals surface area contributed by atoms with Gasteiger partial charge in [0.1, 0.15) is 11.5 Å². The molecule has 0 aromatic heterocycles. The second kappa shape index (κ2) is 8.39. The molecule has 1 rings (SSSR count). The van der Waals surface area contributed by atoms with Gasteiger partial charge >= 0.3 is 0 Å². The first-order valence-electron chi connectivity index (χ1n) is 6.39. The van der Waals surface area contributed by atoms with Crippen molar-refractivity contribution >= 4 is 5.91 Å². The van der Waals surface area contributed by atoms with Crippen LogP contribution in [0.5, 0.6) is 11.5 Å². The van der Waals surface area contributed by atoms with Gasteiger partial charge in [-0.05, 0) is 24.6 Å². The number of amides is 1. The number of methoxy groups -OCH3 is 2. The van der Waals surface area contributed by atoms with Crippen molar-refractivity contribution in [3.8, 4) is 11.5 Å². The third-order valence-corrected chi connectivity index (χ3v) is 2.84. The van der Waals surface area contributed by atoms with E-state index in [4.69, 9.17) is 9.47 Å². The van der Waals surface area contributed by atoms with Gasteiger partial charge in [-0.2, -0.15) is 0 Å². The summed E-state index contributed by atoms with van der Waals surface area (Å²) >= 11 is 0. The van der Waals surface area contributed by atoms with E-state index in [9.17, 15) is 15.0 Å². The Balaban J connectivity index is 2.82. The minimum atomic E-state index is -0.341. The third-order valence-electron chi connectivity index (χ3n) is 2.84. The summed E-state index contributed by atoms with van der Waals surface area (Å²) in [5, 5.41) is 19.2. The van der Waals surface area contributed by atoms with Crippen LogP contribution < -0.4 is 0 Å². The van der Waals surface area contributed by atoms with Crippen LogP contribution in [-0.4, -0.2) is 61.5 Å². The number of hydrogen-bond donors (Lipinski definition) is 2. The monoisotopic (exact) mass is 283 g/mol. The van der Waals surface area contributed by atoms with E-state index in [2.05, 4.69) is 0 Å². The summed E-state index contributed by atoms with van der Waals surface area (Å²) in [6, 6.07) is 3.89. The van der Waals surface area contributed by atoms with Crippen LogP contribution in [0.1, 0.15) is 16.8 Å². The normalized spacial score (nSPS) is 10.5. The number of benzene rings is 1. The molecular formula is C14H21NO5. The van der Waals surface area contributed by atoms with Crippen LogP contribution in [0.4, 0.5) is 0 Å². The van der Waals surface area contributed by atoms with Gasteiger partial charge in [-0.25, -0.2) is 0 Å². The van der Waals surface area contributed by atoms with Crippen molar-refractivity contribution < 1.29 is 24.5 Å². The number of aromatic hydroxyl groups is 2. The van der Waals surface area contributed by atoms with Gasteiger partial charge in [0.05, 0.1) is 12.2 Å². The van der Waals surface area contributed by atoms with E-state index < -0.39 is 0 Å². The van der Waals surface area contributed by atoms with Crippen LogP contribution >= 0.6 is 0 Å². The maximum atomic E-state index is 12.4. The minimum absolute atomic E-state index is 0.0604. The molecule has 1 aromatic carbocycles. The lowest BCUT2D eigenvalue weighted by atomic mass is 10.1. The quantitative estimate of drug-likeness (QED) is 0.554. The number of phenolic OH excluding ortho intramolecular Hbond substituents is 2. The Kier molecular flexibility index (Phi) is 6.83. The average Bonchev–Trinajstić information content (AvgIpc) is 2.44. The van der Waals surface area contributed by atoms with Crippen molar-refractivity contribution in [2.24, 2.45) is 0 Å². The fourth-order valence-electron chi connectivity index (χ4n) is 1.78. The Morgan fingerprint density at radius 3 is 2.50 bits per heavy atom. The Hall–Kier alpha value is -1.79. The van der Waals surface area contributed by atoms with Gasteiger partial charge in [-0.15, -0.1) is 0 Å². The molecule has 20 heavy (non-hydrogen) atoms. The Morgan fingerprint density at radius 1 is 1.15 bits per heavy atom. The highest BCUT2D eigenvalue weighted by atomic mass is 16.5. The molecule has 2 N–H and O–H groups in total. The molecule has 0 unspecified atom stereocenters. The van der Waals surface area contributed by atoms with Crippen molar-refractivity contribution in [3.05, 3.63) is 23.8 Å². The van der Waals surface area contributed by atoms with E-state index in [1.807, 2.05) is 0 Å². The largest absolute Gasteiger partial charge is 0.508 e. The topological polar surface area (TPSA) is 79.2 Å². The van der Waals surface area contributed by atoms with Crippen molar-refractivity contribution in [2.45, 2.75) is 6.42 Å². The predicted octanol–water partition coefficient (Wildman–Crippen LogP) is 1.22. The van der Waals surface area contributed by atoms with E-state index in [-0.39, 0.29) is 23.0 Å². The van der Waals surface area contributed by atoms with Gasteiger partial charge in [0, 0.05) is 33.9 Å². The average molecular weight is 283 g/mol. The molecule has 0 radical (unpaired) electrons. The van der Waals surface area contributed by atoms with E-state index in [1.165, 1.54) is 18.2 Å². The van der Waals surface area contributed by atoms with Gasteiger partial charge in [-0.1, -0.05) is 0 Å². The van der Waals surface area contributed by atoms with Crippen LogP contribution in [-0.2, 0) is 9.47 Å². The fourth-order valence-corrected chi connectivity index (χ4v) is 1.78. The summed E-state index contributed by atoms with van der Waals surface area (Å²) in [6.07, 6.45) is 0.686. The van der Waals surface area contributed by atoms with Crippen molar-refractivity contribution in [2.75, 3.05) is 40.5 Å². The van der Waals surface area contributed by atoms with Crippen LogP contribution in [0.25, 0.3) is 0 Å². The van der Waals surface area contributed by atoms with Gasteiger partial charge < -0.3 is 24.6 Å². The Labute approximate surface area is 118 Å². The summed E-state index contributed by atoms with van der Waals surface area (Å²) < 4.78 is 9.95. The minimum Gasteiger partial charge on any atom is -0.508 e. The lowest BCUT2D eigenvalue weighted by Crippen LogP contribution is -2.35. The summed E-state index contributed by atoms with van der Waals surface area (Å²) in [7, 11) is 3.16. The molecule has 0 spiro atoms. The number of carbonyl (C=O) groups is 1. The molecule has 0 atom stereocenters. The Bertz CT molecular complexity index is 436. The lowest BCUT2D eigenvalue weighted by Gasteiger charge is -2.22. The van der Waals surface area contributed by atoms with E-state index in [1.54, 1.807) is 19.1 Å². The first-order valence-corrected chi connectivity index (χ1v) is 6.39. The number of carbonyl (C=O) groups excluding carboxylic acids is 1. The zero-order chi connectivity index (χ0) is 15.0. The standard InChI is InChI=1S/C14H21NO5/c1-19-8-3-6-15(7-9-20-2)14(18)12-10-11(16)4-5-13(12)17/h4-5,10,16-17H,3,6-9H2,1-2H3. The third kappa shape index (κ3) is 4.71. The highest BCUT2D eigenvalue weighted by Gasteiger charge is 2.19. The second-order valence-corrected chi connectivity index (χ2v) is 4.33. The molecule has 0 fully saturated rings. The molecule has 0 saturated heterocycles. The molecule has 112 valence electrons. The van der Waals surface area contributed by atoms with Crippen molar-refractivity contribution in [1.82, 2.24) is 4.90 Å². The zero-order valence-corrected chi connectivity index (χ0v) is 11.8. The molecule has 6 nitrogen and oxygen atoms in total. The summed E-state index contributed by atoms with van der Waals surface area (Å²) in [5.41, 5.74) is 0.0820. The number of phenols is 2. The maximum absolute atomic E-state index is 12.4. The van der Waals surface area contributed by atoms with Crippen LogP contribution in [0.3, 0.4) is 0 Å². The number of nitrogens with zero attached hydrogens (tertiary/aromatic N) is 1. The molecule has 0 aliphatic carbocycles. The molecule has 0 saturated carbocycles. The smallest absolute Gasteiger partial charge is 0.257 e. The molecule has 6 heteroatoms. The fraction of sp³-hybridized carbons (Fsp3) is 0.500. The summed E-state index contributed by atoms with van der Waals surface area (Å²) in [4.78, 5) is 13.9. The summed E-state index contributed by atoms with van der Waals surface area (Å²) in [5.74, 6) is -0.553. The summed E-state index contributed by atoms with van der Waals surface area (Å²) in [6.45, 7) is 1.85. The van der Waals surface area contributed by atoms with Gasteiger partial charge in [0.15, 0.2) is 0 Å². The van der Waals surface area contributed by atoms with Gasteiger partial charge in [0.25, 0.3) is 5.91 Å². The zero-order valence-electron chi connectivity index (χ0n) is 11.8. The van der Waals surface area contributed by atoms with Gasteiger partial charge in [-0.3, -0.25) is 4.79 Å². The van der Waals surface area contributed by atoms with Gasteiger partial charge in [0.2, 0.25) is 0 Å². The predicted molar refractivity (Wildman–Crippen MR) is 74.0 cm³/mol. The van der Waals surface area contributed by atoms with Crippen molar-refractivity contribution in [1.29, 1.82) is 0 Å². The van der Waals surface area contributed by atoms with Crippen molar-refractivity contribution in [3.63, 3.8) is 0 Å². The Morgan fingerprint density at radius 2 is 1.85 bits per heavy atom. The van der Waals surface area contributed by atoms with E-state index in [0.29, 0.717) is 32.7 Å². The number of ether oxygens (including phenoxy) is 2. The highest BCUT2D eigenvalue weighted by molar-refractivity contribution is 5.97. The first-order chi connectivity index (χ1) is 9.60. The van der Waals surface area contributed by atoms with Crippen LogP contribution in [0.2, 0.25) is 0 Å². The highest BCUT2D eigenvalue weighted by Crippen LogP contribution is 2.23. The van der Waals surface area contributed by atoms with E-state index >= 15 is 0 Å². The van der Waals surface area contributed by atoms with Crippen LogP contribution in [0.15, 0.2) is 18.2 Å². The molecule has 0 aliphatic heterocycles. The number of rotatable bonds is 8. The molecular weight excluding hydrogens is 262 g/mol. The molecule has 0 heterocycles. The molecule has 1 amide bonds. The molecule has 1 aromatic rings. The molecule has 0 bridgehead atoms. The van der Waals surface area contributed by atoms with E-state index in [0.717, 1.165) is 0 Å². The molecule has 0 aliphatic rings. The first kappa shape index (κ1) is 16.3. The maximum Gasteiger partial charge on any atom is 0.257 e. The SMILES string of the molecule is COCCCN(CCOC)C(=O)c1cc(O)ccc1O. The van der Waals surface area contributed by atoms with Crippen LogP contribution in [0, 0.1) is 0 Å².